The third-order valence-corrected chi connectivity index (χ3v) is 5.24. The smallest absolute Gasteiger partial charge is 0.0319 e. The average molecular weight is 267 g/mol. The highest BCUT2D eigenvalue weighted by molar-refractivity contribution is 4.94. The van der Waals surface area contributed by atoms with Crippen molar-refractivity contribution in [2.75, 3.05) is 26.2 Å². The quantitative estimate of drug-likeness (QED) is 0.769. The highest BCUT2D eigenvalue weighted by Crippen LogP contribution is 2.25. The first kappa shape index (κ1) is 15.3. The van der Waals surface area contributed by atoms with E-state index in [4.69, 9.17) is 5.73 Å². The monoisotopic (exact) mass is 267 g/mol. The van der Waals surface area contributed by atoms with Gasteiger partial charge in [-0.1, -0.05) is 32.6 Å². The molecule has 0 spiro atoms. The molecule has 1 saturated carbocycles. The summed E-state index contributed by atoms with van der Waals surface area (Å²) >= 11 is 0. The van der Waals surface area contributed by atoms with Gasteiger partial charge in [-0.25, -0.2) is 0 Å². The third kappa shape index (κ3) is 4.44. The van der Waals surface area contributed by atoms with E-state index in [9.17, 15) is 0 Å². The first-order chi connectivity index (χ1) is 9.28. The Hall–Kier alpha value is -0.120. The lowest BCUT2D eigenvalue weighted by molar-refractivity contribution is 0.236. The SMILES string of the molecule is CCN1CCCC(CN)(NC2CCCCCC2)CC1. The largest absolute Gasteiger partial charge is 0.329 e. The van der Waals surface area contributed by atoms with Crippen molar-refractivity contribution in [3.63, 3.8) is 0 Å². The van der Waals surface area contributed by atoms with E-state index in [1.807, 2.05) is 0 Å². The van der Waals surface area contributed by atoms with Crippen LogP contribution in [0.5, 0.6) is 0 Å². The maximum atomic E-state index is 6.17. The highest BCUT2D eigenvalue weighted by atomic mass is 15.1. The van der Waals surface area contributed by atoms with E-state index < -0.39 is 0 Å². The van der Waals surface area contributed by atoms with Gasteiger partial charge in [0.15, 0.2) is 0 Å². The molecule has 2 aliphatic rings. The van der Waals surface area contributed by atoms with E-state index in [0.717, 1.165) is 12.6 Å². The molecule has 3 heteroatoms. The maximum Gasteiger partial charge on any atom is 0.0319 e. The predicted octanol–water partition coefficient (Wildman–Crippen LogP) is 2.50. The molecule has 1 saturated heterocycles. The molecule has 19 heavy (non-hydrogen) atoms. The molecule has 1 aliphatic carbocycles. The molecule has 0 aromatic rings. The number of nitrogens with zero attached hydrogens (tertiary/aromatic N) is 1. The number of hydrogen-bond donors (Lipinski definition) is 2. The topological polar surface area (TPSA) is 41.3 Å². The summed E-state index contributed by atoms with van der Waals surface area (Å²) in [6, 6.07) is 0.722. The summed E-state index contributed by atoms with van der Waals surface area (Å²) < 4.78 is 0. The van der Waals surface area contributed by atoms with Gasteiger partial charge in [-0.15, -0.1) is 0 Å². The summed E-state index contributed by atoms with van der Waals surface area (Å²) in [5.74, 6) is 0. The van der Waals surface area contributed by atoms with E-state index in [1.165, 1.54) is 77.4 Å². The van der Waals surface area contributed by atoms with Gasteiger partial charge < -0.3 is 16.0 Å². The van der Waals surface area contributed by atoms with Crippen molar-refractivity contribution < 1.29 is 0 Å². The van der Waals surface area contributed by atoms with E-state index in [1.54, 1.807) is 0 Å². The molecule has 112 valence electrons. The molecule has 2 fully saturated rings. The summed E-state index contributed by atoms with van der Waals surface area (Å²) in [6.45, 7) is 6.73. The average Bonchev–Trinajstić information content (AvgIpc) is 2.80. The van der Waals surface area contributed by atoms with Crippen LogP contribution in [0.15, 0.2) is 0 Å². The maximum absolute atomic E-state index is 6.17. The van der Waals surface area contributed by atoms with E-state index >= 15 is 0 Å². The van der Waals surface area contributed by atoms with Crippen molar-refractivity contribution in [2.45, 2.75) is 76.3 Å². The number of likely N-dealkylation sites (tertiary alicyclic amines) is 1. The van der Waals surface area contributed by atoms with Gasteiger partial charge in [0.2, 0.25) is 0 Å². The molecule has 1 heterocycles. The van der Waals surface area contributed by atoms with Gasteiger partial charge in [0.1, 0.15) is 0 Å². The normalized spacial score (nSPS) is 31.9. The van der Waals surface area contributed by atoms with Crippen LogP contribution < -0.4 is 11.1 Å². The Bertz CT molecular complexity index is 248. The van der Waals surface area contributed by atoms with E-state index in [-0.39, 0.29) is 5.54 Å². The van der Waals surface area contributed by atoms with Gasteiger partial charge in [0.05, 0.1) is 0 Å². The fourth-order valence-electron chi connectivity index (χ4n) is 3.83. The Kier molecular flexibility index (Phi) is 6.11. The van der Waals surface area contributed by atoms with Crippen LogP contribution >= 0.6 is 0 Å². The lowest BCUT2D eigenvalue weighted by atomic mass is 9.88. The number of hydrogen-bond acceptors (Lipinski definition) is 3. The van der Waals surface area contributed by atoms with Crippen molar-refractivity contribution in [1.29, 1.82) is 0 Å². The number of nitrogens with two attached hydrogens (primary N) is 1. The summed E-state index contributed by atoms with van der Waals surface area (Å²) in [4.78, 5) is 2.58. The van der Waals surface area contributed by atoms with Crippen molar-refractivity contribution in [3.8, 4) is 0 Å². The second-order valence-electron chi connectivity index (χ2n) is 6.61. The molecular formula is C16H33N3. The molecule has 0 aromatic carbocycles. The summed E-state index contributed by atoms with van der Waals surface area (Å²) in [7, 11) is 0. The highest BCUT2D eigenvalue weighted by Gasteiger charge is 2.33. The summed E-state index contributed by atoms with van der Waals surface area (Å²) in [5.41, 5.74) is 6.39. The second kappa shape index (κ2) is 7.61. The molecule has 0 aromatic heterocycles. The zero-order valence-electron chi connectivity index (χ0n) is 12.8. The molecule has 0 bridgehead atoms. The molecule has 2 rings (SSSR count). The Morgan fingerprint density at radius 1 is 1.05 bits per heavy atom. The lowest BCUT2D eigenvalue weighted by Crippen LogP contribution is -2.55. The van der Waals surface area contributed by atoms with Crippen LogP contribution in [0.4, 0.5) is 0 Å². The van der Waals surface area contributed by atoms with Gasteiger partial charge >= 0.3 is 0 Å². The minimum atomic E-state index is 0.221. The fourth-order valence-corrected chi connectivity index (χ4v) is 3.83. The van der Waals surface area contributed by atoms with Crippen molar-refractivity contribution >= 4 is 0 Å². The van der Waals surface area contributed by atoms with Gasteiger partial charge in [0, 0.05) is 18.1 Å². The molecule has 3 nitrogen and oxygen atoms in total. The minimum absolute atomic E-state index is 0.221. The molecule has 0 amide bonds. The first-order valence-corrected chi connectivity index (χ1v) is 8.48. The van der Waals surface area contributed by atoms with Crippen LogP contribution in [0.2, 0.25) is 0 Å². The Labute approximate surface area is 119 Å². The van der Waals surface area contributed by atoms with Crippen molar-refractivity contribution in [3.05, 3.63) is 0 Å². The fraction of sp³-hybridized carbons (Fsp3) is 1.00. The zero-order chi connectivity index (χ0) is 13.6. The van der Waals surface area contributed by atoms with Crippen molar-refractivity contribution in [2.24, 2.45) is 5.73 Å². The van der Waals surface area contributed by atoms with Crippen molar-refractivity contribution in [1.82, 2.24) is 10.2 Å². The Morgan fingerprint density at radius 3 is 2.42 bits per heavy atom. The van der Waals surface area contributed by atoms with Crippen LogP contribution in [0.25, 0.3) is 0 Å². The number of rotatable bonds is 4. The van der Waals surface area contributed by atoms with Crippen LogP contribution in [-0.4, -0.2) is 42.7 Å². The van der Waals surface area contributed by atoms with Crippen LogP contribution in [0.1, 0.15) is 64.7 Å². The van der Waals surface area contributed by atoms with E-state index in [2.05, 4.69) is 17.1 Å². The van der Waals surface area contributed by atoms with Gasteiger partial charge in [-0.2, -0.15) is 0 Å². The van der Waals surface area contributed by atoms with Gasteiger partial charge in [0.25, 0.3) is 0 Å². The van der Waals surface area contributed by atoms with Gasteiger partial charge in [-0.3, -0.25) is 0 Å². The second-order valence-corrected chi connectivity index (χ2v) is 6.61. The van der Waals surface area contributed by atoms with Crippen LogP contribution in [0, 0.1) is 0 Å². The standard InChI is InChI=1S/C16H33N3/c1-2-19-12-7-10-16(14-17,11-13-19)18-15-8-5-3-4-6-9-15/h15,18H,2-14,17H2,1H3. The zero-order valence-corrected chi connectivity index (χ0v) is 12.8. The van der Waals surface area contributed by atoms with Crippen LogP contribution in [-0.2, 0) is 0 Å². The predicted molar refractivity (Wildman–Crippen MR) is 82.4 cm³/mol. The van der Waals surface area contributed by atoms with Gasteiger partial charge in [-0.05, 0) is 51.7 Å². The van der Waals surface area contributed by atoms with E-state index in [0.29, 0.717) is 0 Å². The molecule has 0 radical (unpaired) electrons. The Morgan fingerprint density at radius 2 is 1.79 bits per heavy atom. The first-order valence-electron chi connectivity index (χ1n) is 8.48. The molecular weight excluding hydrogens is 234 g/mol. The lowest BCUT2D eigenvalue weighted by Gasteiger charge is -2.37. The molecule has 1 unspecified atom stereocenters. The summed E-state index contributed by atoms with van der Waals surface area (Å²) in [6.07, 6.45) is 12.2. The molecule has 3 N–H and O–H groups in total. The Balaban J connectivity index is 1.92. The summed E-state index contributed by atoms with van der Waals surface area (Å²) in [5, 5.41) is 3.99. The minimum Gasteiger partial charge on any atom is -0.329 e. The molecule has 1 aliphatic heterocycles. The van der Waals surface area contributed by atoms with Crippen LogP contribution in [0.3, 0.4) is 0 Å². The molecule has 1 atom stereocenters. The number of nitrogens with one attached hydrogen (secondary N) is 1. The third-order valence-electron chi connectivity index (χ3n) is 5.24.